The van der Waals surface area contributed by atoms with Crippen molar-refractivity contribution >= 4 is 29.3 Å². The zero-order valence-electron chi connectivity index (χ0n) is 12.1. The van der Waals surface area contributed by atoms with Crippen LogP contribution in [0.25, 0.3) is 0 Å². The highest BCUT2D eigenvalue weighted by atomic mass is 32.2. The van der Waals surface area contributed by atoms with Crippen LogP contribution in [0.15, 0.2) is 23.4 Å². The van der Waals surface area contributed by atoms with Gasteiger partial charge in [0.1, 0.15) is 5.03 Å². The number of aromatic nitrogens is 1. The van der Waals surface area contributed by atoms with Gasteiger partial charge in [0, 0.05) is 32.8 Å². The SMILES string of the molecule is CN1C(=O)[C@@H](CC(=O)N2CCCCC2)Sc2ncccc21. The number of nitrogens with zero attached hydrogens (tertiary/aromatic N) is 3. The van der Waals surface area contributed by atoms with Crippen molar-refractivity contribution < 1.29 is 9.59 Å². The van der Waals surface area contributed by atoms with Crippen molar-refractivity contribution in [1.82, 2.24) is 9.88 Å². The molecule has 21 heavy (non-hydrogen) atoms. The smallest absolute Gasteiger partial charge is 0.240 e. The van der Waals surface area contributed by atoms with Crippen molar-refractivity contribution in [3.63, 3.8) is 0 Å². The molecule has 2 amide bonds. The number of carbonyl (C=O) groups is 2. The molecule has 2 aliphatic rings. The van der Waals surface area contributed by atoms with Gasteiger partial charge in [-0.2, -0.15) is 0 Å². The maximum atomic E-state index is 12.4. The van der Waals surface area contributed by atoms with Gasteiger partial charge in [-0.05, 0) is 31.4 Å². The number of likely N-dealkylation sites (tertiary alicyclic amines) is 1. The van der Waals surface area contributed by atoms with Gasteiger partial charge in [-0.3, -0.25) is 9.59 Å². The fraction of sp³-hybridized carbons (Fsp3) is 0.533. The van der Waals surface area contributed by atoms with Gasteiger partial charge < -0.3 is 9.80 Å². The zero-order chi connectivity index (χ0) is 14.8. The normalized spacial score (nSPS) is 22.1. The van der Waals surface area contributed by atoms with Crippen LogP contribution < -0.4 is 4.90 Å². The molecular formula is C15H19N3O2S. The van der Waals surface area contributed by atoms with Crippen molar-refractivity contribution in [1.29, 1.82) is 0 Å². The van der Waals surface area contributed by atoms with E-state index >= 15 is 0 Å². The average Bonchev–Trinajstić information content (AvgIpc) is 2.53. The van der Waals surface area contributed by atoms with E-state index in [0.717, 1.165) is 36.6 Å². The van der Waals surface area contributed by atoms with E-state index in [1.807, 2.05) is 17.0 Å². The Labute approximate surface area is 128 Å². The largest absolute Gasteiger partial charge is 0.343 e. The third-order valence-electron chi connectivity index (χ3n) is 4.04. The lowest BCUT2D eigenvalue weighted by Gasteiger charge is -2.32. The van der Waals surface area contributed by atoms with Gasteiger partial charge >= 0.3 is 0 Å². The van der Waals surface area contributed by atoms with Crippen LogP contribution in [0.2, 0.25) is 0 Å². The molecule has 3 heterocycles. The maximum absolute atomic E-state index is 12.4. The first-order valence-corrected chi connectivity index (χ1v) is 8.22. The van der Waals surface area contributed by atoms with Crippen LogP contribution in [-0.2, 0) is 9.59 Å². The number of thioether (sulfide) groups is 1. The molecule has 0 radical (unpaired) electrons. The molecule has 1 atom stereocenters. The number of rotatable bonds is 2. The summed E-state index contributed by atoms with van der Waals surface area (Å²) in [7, 11) is 1.75. The van der Waals surface area contributed by atoms with Gasteiger partial charge in [-0.15, -0.1) is 0 Å². The van der Waals surface area contributed by atoms with Crippen LogP contribution in [0.3, 0.4) is 0 Å². The minimum atomic E-state index is -0.355. The predicted molar refractivity (Wildman–Crippen MR) is 82.3 cm³/mol. The lowest BCUT2D eigenvalue weighted by atomic mass is 10.1. The second-order valence-electron chi connectivity index (χ2n) is 5.48. The van der Waals surface area contributed by atoms with Crippen LogP contribution in [0, 0.1) is 0 Å². The Morgan fingerprint density at radius 3 is 2.90 bits per heavy atom. The highest BCUT2D eigenvalue weighted by Gasteiger charge is 2.34. The lowest BCUT2D eigenvalue weighted by Crippen LogP contribution is -2.43. The number of piperidine rings is 1. The number of amides is 2. The Morgan fingerprint density at radius 1 is 1.38 bits per heavy atom. The van der Waals surface area contributed by atoms with E-state index in [0.29, 0.717) is 0 Å². The molecule has 0 unspecified atom stereocenters. The highest BCUT2D eigenvalue weighted by Crippen LogP contribution is 2.38. The number of fused-ring (bicyclic) bond motifs is 1. The van der Waals surface area contributed by atoms with Gasteiger partial charge in [-0.1, -0.05) is 11.8 Å². The Bertz CT molecular complexity index is 558. The maximum Gasteiger partial charge on any atom is 0.240 e. The molecular weight excluding hydrogens is 286 g/mol. The topological polar surface area (TPSA) is 53.5 Å². The molecule has 1 aromatic heterocycles. The van der Waals surface area contributed by atoms with Crippen LogP contribution in [0.5, 0.6) is 0 Å². The van der Waals surface area contributed by atoms with Gasteiger partial charge in [0.25, 0.3) is 0 Å². The molecule has 3 rings (SSSR count). The van der Waals surface area contributed by atoms with Crippen LogP contribution in [0.4, 0.5) is 5.69 Å². The van der Waals surface area contributed by atoms with Crippen LogP contribution in [0.1, 0.15) is 25.7 Å². The van der Waals surface area contributed by atoms with Crippen molar-refractivity contribution in [2.75, 3.05) is 25.0 Å². The summed E-state index contributed by atoms with van der Waals surface area (Å²) in [6.07, 6.45) is 5.33. The van der Waals surface area contributed by atoms with E-state index in [2.05, 4.69) is 4.98 Å². The van der Waals surface area contributed by atoms with Crippen molar-refractivity contribution in [3.05, 3.63) is 18.3 Å². The van der Waals surface area contributed by atoms with Gasteiger partial charge in [-0.25, -0.2) is 4.98 Å². The first-order valence-electron chi connectivity index (χ1n) is 7.34. The van der Waals surface area contributed by atoms with Gasteiger partial charge in [0.05, 0.1) is 10.9 Å². The molecule has 5 nitrogen and oxygen atoms in total. The molecule has 0 bridgehead atoms. The Hall–Kier alpha value is -1.56. The molecule has 2 aliphatic heterocycles. The predicted octanol–water partition coefficient (Wildman–Crippen LogP) is 1.92. The summed E-state index contributed by atoms with van der Waals surface area (Å²) in [5, 5.41) is 0.475. The molecule has 0 aromatic carbocycles. The summed E-state index contributed by atoms with van der Waals surface area (Å²) in [5.74, 6) is 0.0826. The van der Waals surface area contributed by atoms with E-state index in [1.54, 1.807) is 18.1 Å². The van der Waals surface area contributed by atoms with E-state index in [4.69, 9.17) is 0 Å². The summed E-state index contributed by atoms with van der Waals surface area (Å²) in [4.78, 5) is 32.6. The Kier molecular flexibility index (Phi) is 4.14. The Balaban J connectivity index is 1.71. The summed E-state index contributed by atoms with van der Waals surface area (Å²) in [5.41, 5.74) is 0.828. The molecule has 6 heteroatoms. The third kappa shape index (κ3) is 2.90. The number of carbonyl (C=O) groups excluding carboxylic acids is 2. The van der Waals surface area contributed by atoms with Crippen molar-refractivity contribution in [3.8, 4) is 0 Å². The first-order chi connectivity index (χ1) is 10.2. The molecule has 1 fully saturated rings. The van der Waals surface area contributed by atoms with Gasteiger partial charge in [0.15, 0.2) is 0 Å². The minimum Gasteiger partial charge on any atom is -0.343 e. The number of hydrogen-bond donors (Lipinski definition) is 0. The summed E-state index contributed by atoms with van der Waals surface area (Å²) in [6.45, 7) is 1.66. The van der Waals surface area contributed by atoms with Crippen molar-refractivity contribution in [2.24, 2.45) is 0 Å². The molecule has 1 aromatic rings. The van der Waals surface area contributed by atoms with Gasteiger partial charge in [0.2, 0.25) is 11.8 Å². The van der Waals surface area contributed by atoms with E-state index < -0.39 is 0 Å². The van der Waals surface area contributed by atoms with Crippen LogP contribution in [-0.4, -0.2) is 47.1 Å². The van der Waals surface area contributed by atoms with E-state index in [-0.39, 0.29) is 23.5 Å². The Morgan fingerprint density at radius 2 is 2.14 bits per heavy atom. The van der Waals surface area contributed by atoms with Crippen LogP contribution >= 0.6 is 11.8 Å². The third-order valence-corrected chi connectivity index (χ3v) is 5.23. The fourth-order valence-electron chi connectivity index (χ4n) is 2.81. The molecule has 112 valence electrons. The molecule has 0 N–H and O–H groups in total. The molecule has 0 saturated carbocycles. The summed E-state index contributed by atoms with van der Waals surface area (Å²) < 4.78 is 0. The second-order valence-corrected chi connectivity index (χ2v) is 6.67. The monoisotopic (exact) mass is 305 g/mol. The van der Waals surface area contributed by atoms with E-state index in [9.17, 15) is 9.59 Å². The molecule has 0 aliphatic carbocycles. The quantitative estimate of drug-likeness (QED) is 0.838. The first kappa shape index (κ1) is 14.4. The minimum absolute atomic E-state index is 0.00846. The zero-order valence-corrected chi connectivity index (χ0v) is 12.9. The molecule has 1 saturated heterocycles. The average molecular weight is 305 g/mol. The number of pyridine rings is 1. The highest BCUT2D eigenvalue weighted by molar-refractivity contribution is 8.00. The van der Waals surface area contributed by atoms with Crippen molar-refractivity contribution in [2.45, 2.75) is 36.0 Å². The van der Waals surface area contributed by atoms with E-state index in [1.165, 1.54) is 18.2 Å². The number of anilines is 1. The molecule has 0 spiro atoms. The standard InChI is InChI=1S/C15H19N3O2S/c1-17-11-6-5-7-16-14(11)21-12(15(17)20)10-13(19)18-8-3-2-4-9-18/h5-7,12H,2-4,8-10H2,1H3/t12-/m1/s1. The summed E-state index contributed by atoms with van der Waals surface area (Å²) in [6, 6.07) is 3.71. The number of hydrogen-bond acceptors (Lipinski definition) is 4. The summed E-state index contributed by atoms with van der Waals surface area (Å²) >= 11 is 1.41. The lowest BCUT2D eigenvalue weighted by molar-refractivity contribution is -0.133. The second kappa shape index (κ2) is 6.05. The fourth-order valence-corrected chi connectivity index (χ4v) is 4.01.